The SMILES string of the molecule is O=C(OC(c1ccccc1)c1ccccc1)C1=C(CI)CS[C@@H]2[C@H](NC(=O)/C(=N/OC(C(=O)OC(c3ccccc3)c3ccccc3)c3ccccc3)c3csc(NC(c4ccccc4)(c4ccccc4)c4ccccc4)n3)C(=O)N12. The standard InChI is InChI=1S/C66H52IN5O7S2/c67-41-49-42-80-62-55(61(74)72(62)56(49)63(75)77-57(44-25-9-1-10-26-44)45-27-11-2-12-28-45)69-60(73)54(71-79-59(48-33-17-5-18-34-48)64(76)78-58(46-29-13-3-14-30-46)47-31-15-4-16-32-47)53-43-81-65(68-53)70-66(50-35-19-6-20-36-50,51-37-21-7-22-38-51)52-39-23-8-24-40-52/h1-40,43,55,57-59,62H,41-42H2,(H,68,70)(H,69,73)/b71-54+/t55-,59?,62-/m1/s1. The molecule has 15 heteroatoms. The number of nitrogens with zero attached hydrogens (tertiary/aromatic N) is 3. The minimum absolute atomic E-state index is 0.0962. The highest BCUT2D eigenvalue weighted by atomic mass is 127. The van der Waals surface area contributed by atoms with Gasteiger partial charge < -0.3 is 24.9 Å². The summed E-state index contributed by atoms with van der Waals surface area (Å²) in [5.41, 5.74) is 5.89. The molecule has 1 fully saturated rings. The molecular weight excluding hydrogens is 1170 g/mol. The quantitative estimate of drug-likeness (QED) is 0.0144. The Bertz CT molecular complexity index is 3500. The van der Waals surface area contributed by atoms with E-state index in [9.17, 15) is 14.4 Å². The fraction of sp³-hybridized carbons (Fsp3) is 0.121. The van der Waals surface area contributed by atoms with Crippen LogP contribution in [-0.2, 0) is 39.0 Å². The van der Waals surface area contributed by atoms with Crippen molar-refractivity contribution in [2.24, 2.45) is 5.16 Å². The average molecular weight is 1220 g/mol. The number of nitrogens with one attached hydrogen (secondary N) is 2. The number of hydrogen-bond donors (Lipinski definition) is 2. The molecule has 1 unspecified atom stereocenters. The van der Waals surface area contributed by atoms with E-state index in [2.05, 4.69) is 74.8 Å². The lowest BCUT2D eigenvalue weighted by Gasteiger charge is -2.49. The summed E-state index contributed by atoms with van der Waals surface area (Å²) < 4.78 is 13.2. The van der Waals surface area contributed by atoms with Crippen LogP contribution in [0.2, 0.25) is 0 Å². The predicted octanol–water partition coefficient (Wildman–Crippen LogP) is 12.8. The van der Waals surface area contributed by atoms with Gasteiger partial charge in [0.25, 0.3) is 11.8 Å². The first-order valence-corrected chi connectivity index (χ1v) is 29.6. The number of β-lactam (4-membered cyclic amide) rings is 1. The maximum atomic E-state index is 15.2. The van der Waals surface area contributed by atoms with Crippen LogP contribution >= 0.6 is 45.7 Å². The van der Waals surface area contributed by atoms with Crippen LogP contribution in [0.5, 0.6) is 0 Å². The monoisotopic (exact) mass is 1220 g/mol. The zero-order valence-corrected chi connectivity index (χ0v) is 47.2. The Morgan fingerprint density at radius 3 is 1.47 bits per heavy atom. The van der Waals surface area contributed by atoms with E-state index in [0.717, 1.165) is 44.5 Å². The number of benzene rings is 8. The molecule has 3 atom stereocenters. The number of fused-ring (bicyclic) bond motifs is 1. The second kappa shape index (κ2) is 25.2. The van der Waals surface area contributed by atoms with Crippen molar-refractivity contribution in [2.45, 2.75) is 35.3 Å². The number of aromatic nitrogens is 1. The molecule has 2 amide bonds. The normalized spacial score (nSPS) is 15.5. The maximum Gasteiger partial charge on any atom is 0.356 e. The molecule has 402 valence electrons. The number of amides is 2. The van der Waals surface area contributed by atoms with E-state index in [1.807, 2.05) is 182 Å². The molecule has 0 radical (unpaired) electrons. The Morgan fingerprint density at radius 1 is 0.605 bits per heavy atom. The third-order valence-corrected chi connectivity index (χ3v) is 17.0. The second-order valence-electron chi connectivity index (χ2n) is 19.0. The minimum atomic E-state index is -1.47. The lowest BCUT2D eigenvalue weighted by Crippen LogP contribution is -2.71. The van der Waals surface area contributed by atoms with Gasteiger partial charge in [0.1, 0.15) is 28.3 Å². The molecule has 0 saturated carbocycles. The molecule has 12 nitrogen and oxygen atoms in total. The first kappa shape index (κ1) is 54.3. The van der Waals surface area contributed by atoms with Crippen LogP contribution in [0.1, 0.15) is 68.5 Å². The Hall–Kier alpha value is -8.64. The van der Waals surface area contributed by atoms with Crippen LogP contribution in [0, 0.1) is 0 Å². The van der Waals surface area contributed by atoms with Gasteiger partial charge in [0, 0.05) is 21.1 Å². The second-order valence-corrected chi connectivity index (χ2v) is 21.8. The number of alkyl halides is 1. The summed E-state index contributed by atoms with van der Waals surface area (Å²) in [6, 6.07) is 75.4. The lowest BCUT2D eigenvalue weighted by atomic mass is 9.77. The Labute approximate surface area is 491 Å². The number of anilines is 1. The van der Waals surface area contributed by atoms with Crippen LogP contribution in [0.3, 0.4) is 0 Å². The van der Waals surface area contributed by atoms with Crippen molar-refractivity contribution in [3.8, 4) is 0 Å². The van der Waals surface area contributed by atoms with E-state index in [1.165, 1.54) is 28.0 Å². The van der Waals surface area contributed by atoms with Crippen LogP contribution in [0.25, 0.3) is 0 Å². The number of esters is 2. The number of carbonyl (C=O) groups is 4. The zero-order chi connectivity index (χ0) is 55.5. The van der Waals surface area contributed by atoms with E-state index in [1.54, 1.807) is 29.6 Å². The molecule has 1 saturated heterocycles. The lowest BCUT2D eigenvalue weighted by molar-refractivity contribution is -0.162. The van der Waals surface area contributed by atoms with Crippen molar-refractivity contribution in [3.63, 3.8) is 0 Å². The number of halogens is 1. The molecule has 11 rings (SSSR count). The Kier molecular flexibility index (Phi) is 16.9. The molecule has 2 aliphatic heterocycles. The summed E-state index contributed by atoms with van der Waals surface area (Å²) in [6.07, 6.45) is -3.05. The number of ether oxygens (including phenoxy) is 2. The predicted molar refractivity (Wildman–Crippen MR) is 324 cm³/mol. The number of oxime groups is 1. The highest BCUT2D eigenvalue weighted by Crippen LogP contribution is 2.44. The van der Waals surface area contributed by atoms with Gasteiger partial charge in [-0.05, 0) is 44.5 Å². The van der Waals surface area contributed by atoms with Crippen molar-refractivity contribution in [2.75, 3.05) is 15.5 Å². The maximum absolute atomic E-state index is 15.2. The summed E-state index contributed by atoms with van der Waals surface area (Å²) in [4.78, 5) is 71.9. The van der Waals surface area contributed by atoms with Gasteiger partial charge in [0.15, 0.2) is 23.1 Å². The number of hydrogen-bond acceptors (Lipinski definition) is 12. The summed E-state index contributed by atoms with van der Waals surface area (Å²) in [5, 5.41) is 12.7. The van der Waals surface area contributed by atoms with Gasteiger partial charge in [-0.1, -0.05) is 270 Å². The molecule has 0 bridgehead atoms. The summed E-state index contributed by atoms with van der Waals surface area (Å²) in [5.74, 6) is -2.34. The van der Waals surface area contributed by atoms with E-state index < -0.39 is 59.0 Å². The molecular formula is C66H52IN5O7S2. The minimum Gasteiger partial charge on any atom is -0.449 e. The number of thiazole rings is 1. The zero-order valence-electron chi connectivity index (χ0n) is 43.4. The van der Waals surface area contributed by atoms with Gasteiger partial charge in [-0.25, -0.2) is 14.6 Å². The van der Waals surface area contributed by atoms with Crippen molar-refractivity contribution in [3.05, 3.63) is 310 Å². The van der Waals surface area contributed by atoms with Crippen LogP contribution in [-0.4, -0.2) is 60.9 Å². The van der Waals surface area contributed by atoms with E-state index in [0.29, 0.717) is 20.9 Å². The van der Waals surface area contributed by atoms with E-state index in [-0.39, 0.29) is 17.1 Å². The number of carbonyl (C=O) groups excluding carboxylic acids is 4. The van der Waals surface area contributed by atoms with Gasteiger partial charge in [0.2, 0.25) is 6.10 Å². The Morgan fingerprint density at radius 2 is 1.02 bits per heavy atom. The van der Waals surface area contributed by atoms with Crippen LogP contribution in [0.4, 0.5) is 5.13 Å². The van der Waals surface area contributed by atoms with Gasteiger partial charge in [0.05, 0.1) is 0 Å². The fourth-order valence-corrected chi connectivity index (χ4v) is 13.1. The molecule has 0 spiro atoms. The number of thioether (sulfide) groups is 1. The highest BCUT2D eigenvalue weighted by Gasteiger charge is 2.55. The van der Waals surface area contributed by atoms with E-state index >= 15 is 4.79 Å². The first-order valence-electron chi connectivity index (χ1n) is 26.1. The highest BCUT2D eigenvalue weighted by molar-refractivity contribution is 14.1. The van der Waals surface area contributed by atoms with Crippen LogP contribution in [0.15, 0.2) is 264 Å². The van der Waals surface area contributed by atoms with Crippen molar-refractivity contribution in [1.29, 1.82) is 0 Å². The van der Waals surface area contributed by atoms with Gasteiger partial charge >= 0.3 is 11.9 Å². The fourth-order valence-electron chi connectivity index (χ4n) is 10.1. The van der Waals surface area contributed by atoms with Crippen LogP contribution < -0.4 is 10.6 Å². The molecule has 2 aliphatic rings. The third-order valence-electron chi connectivity index (χ3n) is 14.0. The summed E-state index contributed by atoms with van der Waals surface area (Å²) in [6.45, 7) is 0. The first-order chi connectivity index (χ1) is 39.8. The molecule has 8 aromatic carbocycles. The molecule has 9 aromatic rings. The summed E-state index contributed by atoms with van der Waals surface area (Å²) in [7, 11) is 0. The van der Waals surface area contributed by atoms with E-state index in [4.69, 9.17) is 19.3 Å². The molecule has 2 N–H and O–H groups in total. The van der Waals surface area contributed by atoms with Gasteiger partial charge in [-0.15, -0.1) is 23.1 Å². The smallest absolute Gasteiger partial charge is 0.356 e. The largest absolute Gasteiger partial charge is 0.449 e. The Balaban J connectivity index is 0.943. The molecule has 0 aliphatic carbocycles. The topological polar surface area (TPSA) is 149 Å². The van der Waals surface area contributed by atoms with Crippen molar-refractivity contribution in [1.82, 2.24) is 15.2 Å². The van der Waals surface area contributed by atoms with Crippen molar-refractivity contribution < 1.29 is 33.5 Å². The summed E-state index contributed by atoms with van der Waals surface area (Å²) >= 11 is 4.87. The van der Waals surface area contributed by atoms with Crippen molar-refractivity contribution >= 4 is 80.3 Å². The third kappa shape index (κ3) is 11.7. The number of rotatable bonds is 20. The average Bonchev–Trinajstić information content (AvgIpc) is 3.94. The molecule has 1 aromatic heterocycles. The van der Waals surface area contributed by atoms with Gasteiger partial charge in [-0.2, -0.15) is 0 Å². The molecule has 81 heavy (non-hydrogen) atoms. The molecule has 3 heterocycles. The van der Waals surface area contributed by atoms with Gasteiger partial charge in [-0.3, -0.25) is 14.5 Å².